The zero-order valence-corrected chi connectivity index (χ0v) is 68.1. The molecule has 0 aromatic heterocycles. The number of rotatable bonds is 23. The molecule has 0 radical (unpaired) electrons. The Labute approximate surface area is 688 Å². The molecule has 15 fully saturated rings. The lowest BCUT2D eigenvalue weighted by molar-refractivity contribution is -0.224. The molecule has 0 heterocycles. The third kappa shape index (κ3) is 23.0. The Morgan fingerprint density at radius 2 is 0.703 bits per heavy atom. The molecule has 14 bridgehead atoms. The van der Waals surface area contributed by atoms with Gasteiger partial charge in [-0.25, -0.2) is 0 Å². The van der Waals surface area contributed by atoms with Gasteiger partial charge in [-0.3, -0.25) is 24.0 Å². The molecule has 15 saturated carbocycles. The summed E-state index contributed by atoms with van der Waals surface area (Å²) in [6, 6.07) is 0. The first-order valence-corrected chi connectivity index (χ1v) is 42.4. The van der Waals surface area contributed by atoms with Gasteiger partial charge in [0.25, 0.3) is 0 Å². The van der Waals surface area contributed by atoms with Gasteiger partial charge in [-0.2, -0.15) is 0 Å². The Balaban J connectivity index is 0.00000134. The lowest BCUT2D eigenvalue weighted by atomic mass is 9.55. The van der Waals surface area contributed by atoms with Gasteiger partial charge < -0.3 is 37.9 Å². The molecule has 0 aromatic rings. The molecule has 0 aromatic carbocycles. The van der Waals surface area contributed by atoms with Crippen LogP contribution in [-0.4, -0.2) is 78.2 Å². The maximum Gasteiger partial charge on any atom is 0.313 e. The maximum atomic E-state index is 12.9. The second-order valence-electron chi connectivity index (χ2n) is 40.2. The summed E-state index contributed by atoms with van der Waals surface area (Å²) in [6.45, 7) is 44.3. The van der Waals surface area contributed by atoms with Gasteiger partial charge in [0.2, 0.25) is 0 Å². The second kappa shape index (κ2) is 42.8. The van der Waals surface area contributed by atoms with Gasteiger partial charge >= 0.3 is 29.8 Å². The average Bonchev–Trinajstić information content (AvgIpc) is 1.54. The molecular formula is C98H188O13. The molecule has 13 heteroatoms. The fourth-order valence-corrected chi connectivity index (χ4v) is 23.5. The molecular weight excluding hydrogens is 1390 g/mol. The van der Waals surface area contributed by atoms with E-state index in [0.717, 1.165) is 141 Å². The molecule has 0 spiro atoms. The van der Waals surface area contributed by atoms with Crippen LogP contribution in [0.25, 0.3) is 0 Å². The Hall–Kier alpha value is -2.77. The SMILES string of the molecule is C.C.C.C.C.C.C.C.C.C.CCC(C)(C)C(=O)OC(C)OC1C2CC3CC(C2)CC1C3.CCC(C)(C)C(=O)OC(C)OC1CC2CC1C1C3CCC(C3)C21.CCC(C)(C)C(=O)OC(C)OC1CC2CCC1C2.CCC(C)(C)C(=O)OC1(C(C)C)CC2CC1C1C3CCC(C3)C21.CCC(C)(C)C(=O)OC1(C(C)C)CCCC1. The highest BCUT2D eigenvalue weighted by molar-refractivity contribution is 5.78. The van der Waals surface area contributed by atoms with Crippen LogP contribution in [0.1, 0.15) is 406 Å². The van der Waals surface area contributed by atoms with Crippen molar-refractivity contribution in [3.63, 3.8) is 0 Å². The van der Waals surface area contributed by atoms with Gasteiger partial charge in [-0.1, -0.05) is 137 Å². The first-order chi connectivity index (χ1) is 47.3. The third-order valence-corrected chi connectivity index (χ3v) is 31.4. The van der Waals surface area contributed by atoms with Crippen molar-refractivity contribution in [3.05, 3.63) is 0 Å². The van der Waals surface area contributed by atoms with Gasteiger partial charge in [0.05, 0.1) is 45.4 Å². The minimum Gasteiger partial charge on any atom is -0.458 e. The van der Waals surface area contributed by atoms with Crippen molar-refractivity contribution in [2.45, 2.75) is 455 Å². The monoisotopic (exact) mass is 1570 g/mol. The Morgan fingerprint density at radius 3 is 1.10 bits per heavy atom. The zero-order valence-electron chi connectivity index (χ0n) is 68.1. The van der Waals surface area contributed by atoms with Crippen LogP contribution < -0.4 is 0 Å². The summed E-state index contributed by atoms with van der Waals surface area (Å²) >= 11 is 0. The summed E-state index contributed by atoms with van der Waals surface area (Å²) in [5.41, 5.74) is -2.28. The molecule has 13 nitrogen and oxygen atoms in total. The van der Waals surface area contributed by atoms with Crippen molar-refractivity contribution in [3.8, 4) is 0 Å². The van der Waals surface area contributed by atoms with Crippen molar-refractivity contribution in [2.75, 3.05) is 0 Å². The van der Waals surface area contributed by atoms with Crippen molar-refractivity contribution in [1.29, 1.82) is 0 Å². The minimum absolute atomic E-state index is 0. The van der Waals surface area contributed by atoms with Crippen molar-refractivity contribution >= 4 is 29.8 Å². The molecule has 0 N–H and O–H groups in total. The van der Waals surface area contributed by atoms with E-state index in [1.807, 2.05) is 118 Å². The molecule has 20 atom stereocenters. The highest BCUT2D eigenvalue weighted by Crippen LogP contribution is 2.72. The van der Waals surface area contributed by atoms with Crippen LogP contribution in [-0.2, 0) is 61.9 Å². The van der Waals surface area contributed by atoms with E-state index in [2.05, 4.69) is 34.6 Å². The summed E-state index contributed by atoms with van der Waals surface area (Å²) in [4.78, 5) is 61.3. The number of hydrogen-bond donors (Lipinski definition) is 0. The topological polar surface area (TPSA) is 159 Å². The maximum absolute atomic E-state index is 12.9. The van der Waals surface area contributed by atoms with Gasteiger partial charge in [-0.15, -0.1) is 0 Å². The Morgan fingerprint density at radius 1 is 0.333 bits per heavy atom. The number of carbonyl (C=O) groups excluding carboxylic acids is 5. The van der Waals surface area contributed by atoms with Crippen LogP contribution in [0.15, 0.2) is 0 Å². The summed E-state index contributed by atoms with van der Waals surface area (Å²) < 4.78 is 47.2. The first kappa shape index (κ1) is 108. The normalized spacial score (nSPS) is 34.8. The van der Waals surface area contributed by atoms with Gasteiger partial charge in [0, 0.05) is 5.92 Å². The van der Waals surface area contributed by atoms with Gasteiger partial charge in [0.1, 0.15) is 11.2 Å². The fraction of sp³-hybridized carbons (Fsp3) is 0.949. The van der Waals surface area contributed by atoms with E-state index in [1.54, 1.807) is 0 Å². The van der Waals surface area contributed by atoms with Crippen LogP contribution in [0.3, 0.4) is 0 Å². The summed E-state index contributed by atoms with van der Waals surface area (Å²) in [7, 11) is 0. The molecule has 0 amide bonds. The molecule has 658 valence electrons. The summed E-state index contributed by atoms with van der Waals surface area (Å²) in [5.74, 6) is 16.2. The summed E-state index contributed by atoms with van der Waals surface area (Å²) in [5, 5.41) is 0. The standard InChI is InChI=1S/C21H34O2.C20H32O3.C18H30O3.C15H26O3.C14H26O2.10CH4/c1-6-20(4,5)19(22)23-21(12(2)3)11-15-10-16(21)18-14-8-7-13(9-14)17(15)18;1-5-20(3,4)19(21)23-11(2)22-16-10-14-9-15(16)18-13-7-6-12(8-13)17(14)18;1-5-18(3,4)17(19)21-11(2)20-16-14-7-12-6-13(9-14)10-15(16)8-12;1-5-15(3,4)14(16)18-10(2)17-13-9-11-6-7-12(13)8-11;1-6-13(4,5)12(15)16-14(11(2)3)9-7-8-10-14;;;;;;;;;;/h12-18H,6-11H2,1-5H3;11-18H,5-10H2,1-4H3;11-16H,5-10H2,1-4H3;10-13H,5-9H2,1-4H3;11H,6-10H2,1-5H3;10*1H4. The van der Waals surface area contributed by atoms with Crippen LogP contribution in [0.4, 0.5) is 0 Å². The van der Waals surface area contributed by atoms with E-state index in [4.69, 9.17) is 37.9 Å². The molecule has 15 aliphatic carbocycles. The van der Waals surface area contributed by atoms with Crippen molar-refractivity contribution in [1.82, 2.24) is 0 Å². The molecule has 111 heavy (non-hydrogen) atoms. The van der Waals surface area contributed by atoms with E-state index >= 15 is 0 Å². The highest BCUT2D eigenvalue weighted by atomic mass is 16.7. The van der Waals surface area contributed by atoms with E-state index in [0.29, 0.717) is 53.8 Å². The predicted octanol–water partition coefficient (Wildman–Crippen LogP) is 27.4. The summed E-state index contributed by atoms with van der Waals surface area (Å²) in [6.07, 6.45) is 34.0. The number of hydrogen-bond acceptors (Lipinski definition) is 13. The van der Waals surface area contributed by atoms with E-state index < -0.39 is 35.1 Å². The number of ether oxygens (including phenoxy) is 8. The first-order valence-electron chi connectivity index (χ1n) is 42.4. The predicted molar refractivity (Wildman–Crippen MR) is 465 cm³/mol. The molecule has 15 rings (SSSR count). The number of carbonyl (C=O) groups is 5. The van der Waals surface area contributed by atoms with Crippen LogP contribution in [0, 0.1) is 145 Å². The lowest BCUT2D eigenvalue weighted by Crippen LogP contribution is -2.52. The Bertz CT molecular complexity index is 2780. The lowest BCUT2D eigenvalue weighted by Gasteiger charge is -2.54. The zero-order chi connectivity index (χ0) is 73.9. The van der Waals surface area contributed by atoms with Crippen LogP contribution >= 0.6 is 0 Å². The van der Waals surface area contributed by atoms with Crippen molar-refractivity contribution < 1.29 is 61.9 Å². The average molecular weight is 1570 g/mol. The van der Waals surface area contributed by atoms with Crippen LogP contribution in [0.2, 0.25) is 0 Å². The molecule has 0 aliphatic heterocycles. The van der Waals surface area contributed by atoms with Gasteiger partial charge in [-0.05, 0) is 382 Å². The molecule has 20 unspecified atom stereocenters. The second-order valence-corrected chi connectivity index (χ2v) is 40.2. The molecule has 15 aliphatic rings. The number of esters is 5. The molecule has 0 saturated heterocycles. The Kier molecular flexibility index (Phi) is 41.7. The number of fused-ring (bicyclic) bond motifs is 20. The van der Waals surface area contributed by atoms with Gasteiger partial charge in [0.15, 0.2) is 18.9 Å². The van der Waals surface area contributed by atoms with Crippen LogP contribution in [0.5, 0.6) is 0 Å². The van der Waals surface area contributed by atoms with E-state index in [9.17, 15) is 24.0 Å². The van der Waals surface area contributed by atoms with E-state index in [1.165, 1.54) is 122 Å². The highest BCUT2D eigenvalue weighted by Gasteiger charge is 2.70. The smallest absolute Gasteiger partial charge is 0.313 e. The fourth-order valence-electron chi connectivity index (χ4n) is 23.5. The quantitative estimate of drug-likeness (QED) is 0.0412. The largest absolute Gasteiger partial charge is 0.458 e. The minimum atomic E-state index is -0.415. The third-order valence-electron chi connectivity index (χ3n) is 31.4. The van der Waals surface area contributed by atoms with E-state index in [-0.39, 0.29) is 126 Å². The van der Waals surface area contributed by atoms with Crippen molar-refractivity contribution in [2.24, 2.45) is 145 Å².